The highest BCUT2D eigenvalue weighted by Crippen LogP contribution is 2.13. The zero-order chi connectivity index (χ0) is 20.1. The first-order valence-electron chi connectivity index (χ1n) is 10.2. The number of likely N-dealkylation sites (tertiary alicyclic amines) is 1. The fraction of sp³-hybridized carbons (Fsp3) is 0.571. The van der Waals surface area contributed by atoms with Crippen LogP contribution < -0.4 is 4.90 Å². The molecule has 154 valence electrons. The van der Waals surface area contributed by atoms with Crippen molar-refractivity contribution in [1.29, 1.82) is 0 Å². The monoisotopic (exact) mass is 406 g/mol. The van der Waals surface area contributed by atoms with Gasteiger partial charge in [0.15, 0.2) is 6.54 Å². The smallest absolute Gasteiger partial charge is 0.277 e. The van der Waals surface area contributed by atoms with Crippen LogP contribution in [0.1, 0.15) is 25.8 Å². The summed E-state index contributed by atoms with van der Waals surface area (Å²) < 4.78 is 26.6. The maximum atomic E-state index is 12.7. The van der Waals surface area contributed by atoms with Crippen molar-refractivity contribution < 1.29 is 18.1 Å². The molecule has 2 fully saturated rings. The molecule has 7 heteroatoms. The number of piperidine rings is 1. The molecule has 1 aromatic carbocycles. The lowest BCUT2D eigenvalue weighted by Crippen LogP contribution is -3.15. The van der Waals surface area contributed by atoms with Crippen molar-refractivity contribution in [3.63, 3.8) is 0 Å². The third kappa shape index (κ3) is 5.65. The van der Waals surface area contributed by atoms with Gasteiger partial charge in [0.05, 0.1) is 13.1 Å². The molecule has 0 spiro atoms. The van der Waals surface area contributed by atoms with Gasteiger partial charge in [0.25, 0.3) is 5.91 Å². The number of nitrogens with zero attached hydrogens (tertiary/aromatic N) is 2. The number of hydrogen-bond donors (Lipinski definition) is 1. The van der Waals surface area contributed by atoms with Crippen LogP contribution in [0.15, 0.2) is 35.7 Å². The van der Waals surface area contributed by atoms with Gasteiger partial charge in [0.2, 0.25) is 10.0 Å². The van der Waals surface area contributed by atoms with Gasteiger partial charge in [-0.05, 0) is 18.1 Å². The number of carbonyl (C=O) groups is 1. The van der Waals surface area contributed by atoms with Crippen LogP contribution in [-0.4, -0.2) is 69.3 Å². The van der Waals surface area contributed by atoms with E-state index in [0.29, 0.717) is 44.6 Å². The van der Waals surface area contributed by atoms with E-state index in [0.717, 1.165) is 18.7 Å². The summed E-state index contributed by atoms with van der Waals surface area (Å²) in [4.78, 5) is 15.9. The molecule has 6 nitrogen and oxygen atoms in total. The number of amides is 1. The van der Waals surface area contributed by atoms with E-state index >= 15 is 0 Å². The molecule has 0 unspecified atom stereocenters. The molecule has 0 bridgehead atoms. The molecular weight excluding hydrogens is 374 g/mol. The third-order valence-electron chi connectivity index (χ3n) is 5.66. The zero-order valence-corrected chi connectivity index (χ0v) is 17.7. The first-order valence-corrected chi connectivity index (χ1v) is 11.7. The Morgan fingerprint density at radius 2 is 1.68 bits per heavy atom. The maximum absolute atomic E-state index is 12.7. The summed E-state index contributed by atoms with van der Waals surface area (Å²) in [5, 5.41) is 1.26. The second-order valence-electron chi connectivity index (χ2n) is 8.32. The van der Waals surface area contributed by atoms with E-state index in [-0.39, 0.29) is 5.91 Å². The Labute approximate surface area is 168 Å². The summed E-state index contributed by atoms with van der Waals surface area (Å²) >= 11 is 0. The average Bonchev–Trinajstić information content (AvgIpc) is 2.66. The van der Waals surface area contributed by atoms with Gasteiger partial charge in [-0.1, -0.05) is 44.2 Å². The second-order valence-corrected chi connectivity index (χ2v) is 10.1. The lowest BCUT2D eigenvalue weighted by atomic mass is 9.92. The van der Waals surface area contributed by atoms with Crippen molar-refractivity contribution in [1.82, 2.24) is 9.21 Å². The van der Waals surface area contributed by atoms with Crippen LogP contribution in [0.25, 0.3) is 6.08 Å². The van der Waals surface area contributed by atoms with Crippen LogP contribution in [0.2, 0.25) is 0 Å². The van der Waals surface area contributed by atoms with Crippen molar-refractivity contribution in [3.8, 4) is 0 Å². The average molecular weight is 407 g/mol. The summed E-state index contributed by atoms with van der Waals surface area (Å²) in [5.74, 6) is 1.46. The van der Waals surface area contributed by atoms with E-state index in [1.807, 2.05) is 35.2 Å². The molecule has 1 aromatic rings. The molecule has 28 heavy (non-hydrogen) atoms. The lowest BCUT2D eigenvalue weighted by molar-refractivity contribution is -0.904. The Morgan fingerprint density at radius 1 is 1.07 bits per heavy atom. The SMILES string of the molecule is C[C@H]1C[C@H](C)C[NH+](CC(=O)N2CCN(S(=O)(=O)/C=C/c3ccccc3)CC2)C1. The van der Waals surface area contributed by atoms with Gasteiger partial charge < -0.3 is 9.80 Å². The Balaban J connectivity index is 1.50. The fourth-order valence-electron chi connectivity index (χ4n) is 4.40. The fourth-order valence-corrected chi connectivity index (χ4v) is 5.57. The first-order chi connectivity index (χ1) is 13.3. The number of carbonyl (C=O) groups excluding carboxylic acids is 1. The molecule has 0 aromatic heterocycles. The number of rotatable bonds is 5. The molecule has 2 aliphatic rings. The van der Waals surface area contributed by atoms with Crippen LogP contribution in [0.5, 0.6) is 0 Å². The van der Waals surface area contributed by atoms with Gasteiger partial charge in [0, 0.05) is 43.4 Å². The van der Waals surface area contributed by atoms with Crippen molar-refractivity contribution in [2.24, 2.45) is 11.8 Å². The predicted octanol–water partition coefficient (Wildman–Crippen LogP) is 0.692. The van der Waals surface area contributed by atoms with E-state index in [4.69, 9.17) is 0 Å². The predicted molar refractivity (Wildman–Crippen MR) is 111 cm³/mol. The van der Waals surface area contributed by atoms with Gasteiger partial charge in [-0.2, -0.15) is 4.31 Å². The van der Waals surface area contributed by atoms with Gasteiger partial charge in [-0.15, -0.1) is 0 Å². The number of piperazine rings is 1. The van der Waals surface area contributed by atoms with Crippen molar-refractivity contribution in [3.05, 3.63) is 41.3 Å². The number of benzene rings is 1. The molecule has 2 atom stereocenters. The molecule has 1 N–H and O–H groups in total. The molecule has 2 aliphatic heterocycles. The minimum Gasteiger partial charge on any atom is -0.335 e. The topological polar surface area (TPSA) is 62.1 Å². The number of sulfonamides is 1. The summed E-state index contributed by atoms with van der Waals surface area (Å²) in [5.41, 5.74) is 0.854. The highest BCUT2D eigenvalue weighted by molar-refractivity contribution is 7.92. The van der Waals surface area contributed by atoms with Crippen molar-refractivity contribution in [2.45, 2.75) is 20.3 Å². The van der Waals surface area contributed by atoms with Crippen molar-refractivity contribution in [2.75, 3.05) is 45.8 Å². The molecule has 3 rings (SSSR count). The Morgan fingerprint density at radius 3 is 2.29 bits per heavy atom. The van der Waals surface area contributed by atoms with E-state index < -0.39 is 10.0 Å². The van der Waals surface area contributed by atoms with Crippen LogP contribution in [-0.2, 0) is 14.8 Å². The summed E-state index contributed by atoms with van der Waals surface area (Å²) in [6.07, 6.45) is 2.86. The quantitative estimate of drug-likeness (QED) is 0.783. The third-order valence-corrected chi connectivity index (χ3v) is 7.23. The van der Waals surface area contributed by atoms with Crippen LogP contribution in [0.4, 0.5) is 0 Å². The number of hydrogen-bond acceptors (Lipinski definition) is 3. The maximum Gasteiger partial charge on any atom is 0.277 e. The standard InChI is InChI=1S/C21H31N3O3S/c1-18-14-19(2)16-22(15-18)17-21(25)23-9-11-24(12-10-23)28(26,27)13-8-20-6-4-3-5-7-20/h3-8,13,18-19H,9-12,14-17H2,1-2H3/p+1/b13-8+/t18-,19-/m0/s1. The molecule has 1 amide bonds. The van der Waals surface area contributed by atoms with Gasteiger partial charge in [0.1, 0.15) is 0 Å². The Kier molecular flexibility index (Phi) is 6.91. The van der Waals surface area contributed by atoms with E-state index in [9.17, 15) is 13.2 Å². The minimum absolute atomic E-state index is 0.146. The summed E-state index contributed by atoms with van der Waals surface area (Å²) in [6, 6.07) is 9.39. The second kappa shape index (κ2) is 9.20. The summed E-state index contributed by atoms with van der Waals surface area (Å²) in [7, 11) is -3.46. The molecule has 0 saturated carbocycles. The zero-order valence-electron chi connectivity index (χ0n) is 16.9. The van der Waals surface area contributed by atoms with Crippen LogP contribution in [0, 0.1) is 11.8 Å². The van der Waals surface area contributed by atoms with E-state index in [1.165, 1.54) is 21.0 Å². The molecule has 0 aliphatic carbocycles. The highest BCUT2D eigenvalue weighted by Gasteiger charge is 2.31. The number of quaternary nitrogens is 1. The number of nitrogens with one attached hydrogen (secondary N) is 1. The minimum atomic E-state index is -3.46. The molecule has 0 radical (unpaired) electrons. The van der Waals surface area contributed by atoms with Crippen LogP contribution >= 0.6 is 0 Å². The van der Waals surface area contributed by atoms with Crippen molar-refractivity contribution >= 4 is 22.0 Å². The molecule has 2 heterocycles. The van der Waals surface area contributed by atoms with Gasteiger partial charge in [-0.25, -0.2) is 8.42 Å². The first kappa shape index (κ1) is 21.0. The van der Waals surface area contributed by atoms with Gasteiger partial charge in [-0.3, -0.25) is 4.79 Å². The normalized spacial score (nSPS) is 27.2. The molecule has 2 saturated heterocycles. The Bertz CT molecular complexity index is 776. The Hall–Kier alpha value is -1.70. The van der Waals surface area contributed by atoms with E-state index in [2.05, 4.69) is 13.8 Å². The van der Waals surface area contributed by atoms with E-state index in [1.54, 1.807) is 6.08 Å². The summed E-state index contributed by atoms with van der Waals surface area (Å²) in [6.45, 7) is 8.79. The largest absolute Gasteiger partial charge is 0.335 e. The van der Waals surface area contributed by atoms with Gasteiger partial charge >= 0.3 is 0 Å². The highest BCUT2D eigenvalue weighted by atomic mass is 32.2. The molecular formula is C21H32N3O3S+. The van der Waals surface area contributed by atoms with Crippen LogP contribution in [0.3, 0.4) is 0 Å². The lowest BCUT2D eigenvalue weighted by Gasteiger charge is -2.36.